The number of nitrogens with one attached hydrogen (secondary N) is 1. The Morgan fingerprint density at radius 2 is 1.81 bits per heavy atom. The summed E-state index contributed by atoms with van der Waals surface area (Å²) >= 11 is 6.13. The first kappa shape index (κ1) is 23.9. The van der Waals surface area contributed by atoms with Crippen LogP contribution in [-0.4, -0.2) is 41.3 Å². The number of rotatable bonds is 9. The molecule has 6 nitrogen and oxygen atoms in total. The van der Waals surface area contributed by atoms with Crippen molar-refractivity contribution in [1.29, 1.82) is 0 Å². The van der Waals surface area contributed by atoms with E-state index in [9.17, 15) is 4.79 Å². The van der Waals surface area contributed by atoms with E-state index < -0.39 is 0 Å². The van der Waals surface area contributed by atoms with E-state index in [0.717, 1.165) is 35.2 Å². The van der Waals surface area contributed by atoms with E-state index in [1.807, 2.05) is 65.6 Å². The zero-order chi connectivity index (χ0) is 25.1. The Kier molecular flexibility index (Phi) is 6.96. The lowest BCUT2D eigenvalue weighted by Gasteiger charge is -2.27. The number of H-pyrrole nitrogens is 1. The van der Waals surface area contributed by atoms with E-state index in [1.54, 1.807) is 7.11 Å². The van der Waals surface area contributed by atoms with Gasteiger partial charge in [0, 0.05) is 22.7 Å². The number of aromatic amines is 1. The van der Waals surface area contributed by atoms with Crippen LogP contribution in [0.15, 0.2) is 72.8 Å². The maximum absolute atomic E-state index is 13.6. The molecule has 0 fully saturated rings. The second-order valence-electron chi connectivity index (χ2n) is 8.76. The van der Waals surface area contributed by atoms with Crippen LogP contribution in [0.1, 0.15) is 46.6 Å². The van der Waals surface area contributed by atoms with Crippen molar-refractivity contribution < 1.29 is 14.3 Å². The lowest BCUT2D eigenvalue weighted by Crippen LogP contribution is -2.31. The van der Waals surface area contributed by atoms with Crippen molar-refractivity contribution in [2.45, 2.75) is 25.8 Å². The van der Waals surface area contributed by atoms with Gasteiger partial charge in [-0.05, 0) is 48.2 Å². The first-order valence-corrected chi connectivity index (χ1v) is 12.5. The van der Waals surface area contributed by atoms with Gasteiger partial charge in [0.15, 0.2) is 11.5 Å². The van der Waals surface area contributed by atoms with Crippen LogP contribution < -0.4 is 9.47 Å². The van der Waals surface area contributed by atoms with E-state index in [0.29, 0.717) is 35.4 Å². The minimum atomic E-state index is -0.324. The van der Waals surface area contributed by atoms with Crippen LogP contribution >= 0.6 is 11.6 Å². The third kappa shape index (κ3) is 4.56. The van der Waals surface area contributed by atoms with Crippen molar-refractivity contribution in [3.8, 4) is 22.8 Å². The summed E-state index contributed by atoms with van der Waals surface area (Å²) in [6.45, 7) is 3.23. The molecular formula is C29H28ClN3O3. The number of ether oxygens (including phenoxy) is 2. The average Bonchev–Trinajstić information content (AvgIpc) is 3.46. The number of nitrogens with zero attached hydrogens (tertiary/aromatic N) is 2. The van der Waals surface area contributed by atoms with Gasteiger partial charge in [0.25, 0.3) is 5.91 Å². The number of methoxy groups -OCH3 is 1. The van der Waals surface area contributed by atoms with Crippen LogP contribution in [0.25, 0.3) is 11.3 Å². The van der Waals surface area contributed by atoms with Crippen LogP contribution in [0.5, 0.6) is 11.5 Å². The standard InChI is InChI=1S/C29H28ClN3O3/c1-3-17-36-23-14-11-21(18-24(23)35-2)28-25-26(20-9-12-22(30)13-10-20)31-32-27(25)29(34)33(28)16-15-19-7-5-4-6-8-19/h4-14,18,28H,3,15-17H2,1-2H3,(H,31,32). The molecule has 4 aromatic rings. The summed E-state index contributed by atoms with van der Waals surface area (Å²) in [6, 6.07) is 23.3. The Labute approximate surface area is 215 Å². The topological polar surface area (TPSA) is 67.5 Å². The average molecular weight is 502 g/mol. The SMILES string of the molecule is CCCOc1ccc(C2c3c(-c4ccc(Cl)cc4)n[nH]c3C(=O)N2CCc2ccccc2)cc1OC. The van der Waals surface area contributed by atoms with E-state index >= 15 is 0 Å². The molecule has 1 aliphatic heterocycles. The van der Waals surface area contributed by atoms with Crippen LogP contribution in [-0.2, 0) is 6.42 Å². The summed E-state index contributed by atoms with van der Waals surface area (Å²) < 4.78 is 11.5. The Bertz CT molecular complexity index is 1350. The zero-order valence-electron chi connectivity index (χ0n) is 20.3. The van der Waals surface area contributed by atoms with Gasteiger partial charge in [-0.1, -0.05) is 67.1 Å². The van der Waals surface area contributed by atoms with Gasteiger partial charge in [-0.3, -0.25) is 9.89 Å². The van der Waals surface area contributed by atoms with Crippen LogP contribution in [0.3, 0.4) is 0 Å². The Morgan fingerprint density at radius 3 is 2.53 bits per heavy atom. The van der Waals surface area contributed by atoms with E-state index in [4.69, 9.17) is 21.1 Å². The molecule has 184 valence electrons. The second kappa shape index (κ2) is 10.5. The van der Waals surface area contributed by atoms with Gasteiger partial charge >= 0.3 is 0 Å². The molecule has 0 bridgehead atoms. The molecule has 36 heavy (non-hydrogen) atoms. The van der Waals surface area contributed by atoms with Gasteiger partial charge in [-0.15, -0.1) is 0 Å². The van der Waals surface area contributed by atoms with Crippen LogP contribution in [0, 0.1) is 0 Å². The van der Waals surface area contributed by atoms with Crippen LogP contribution in [0.4, 0.5) is 0 Å². The largest absolute Gasteiger partial charge is 0.493 e. The van der Waals surface area contributed by atoms with Gasteiger partial charge < -0.3 is 14.4 Å². The summed E-state index contributed by atoms with van der Waals surface area (Å²) in [6.07, 6.45) is 1.64. The van der Waals surface area contributed by atoms with Gasteiger partial charge in [0.2, 0.25) is 0 Å². The fourth-order valence-corrected chi connectivity index (χ4v) is 4.81. The van der Waals surface area contributed by atoms with E-state index in [1.165, 1.54) is 5.56 Å². The predicted octanol–water partition coefficient (Wildman–Crippen LogP) is 6.32. The van der Waals surface area contributed by atoms with Crippen molar-refractivity contribution in [3.63, 3.8) is 0 Å². The normalized spacial score (nSPS) is 14.7. The highest BCUT2D eigenvalue weighted by Gasteiger charge is 2.42. The highest BCUT2D eigenvalue weighted by atomic mass is 35.5. The summed E-state index contributed by atoms with van der Waals surface area (Å²) in [5.74, 6) is 1.26. The number of aromatic nitrogens is 2. The summed E-state index contributed by atoms with van der Waals surface area (Å²) in [4.78, 5) is 15.6. The number of carbonyl (C=O) groups is 1. The van der Waals surface area contributed by atoms with Crippen LogP contribution in [0.2, 0.25) is 5.02 Å². The monoisotopic (exact) mass is 501 g/mol. The number of halogens is 1. The third-order valence-corrected chi connectivity index (χ3v) is 6.68. The molecule has 1 amide bonds. The highest BCUT2D eigenvalue weighted by Crippen LogP contribution is 2.44. The van der Waals surface area contributed by atoms with Gasteiger partial charge in [0.05, 0.1) is 25.5 Å². The lowest BCUT2D eigenvalue weighted by molar-refractivity contribution is 0.0745. The molecule has 0 aliphatic carbocycles. The molecule has 0 saturated heterocycles. The molecular weight excluding hydrogens is 474 g/mol. The smallest absolute Gasteiger partial charge is 0.273 e. The molecule has 0 spiro atoms. The maximum atomic E-state index is 13.6. The fourth-order valence-electron chi connectivity index (χ4n) is 4.68. The molecule has 1 N–H and O–H groups in total. The molecule has 1 aliphatic rings. The molecule has 7 heteroatoms. The number of hydrogen-bond donors (Lipinski definition) is 1. The Morgan fingerprint density at radius 1 is 1.03 bits per heavy atom. The molecule has 0 radical (unpaired) electrons. The molecule has 5 rings (SSSR count). The molecule has 1 unspecified atom stereocenters. The minimum Gasteiger partial charge on any atom is -0.493 e. The first-order valence-electron chi connectivity index (χ1n) is 12.1. The number of fused-ring (bicyclic) bond motifs is 1. The number of hydrogen-bond acceptors (Lipinski definition) is 4. The van der Waals surface area contributed by atoms with Gasteiger partial charge in [-0.25, -0.2) is 0 Å². The molecule has 1 aromatic heterocycles. The second-order valence-corrected chi connectivity index (χ2v) is 9.20. The predicted molar refractivity (Wildman–Crippen MR) is 141 cm³/mol. The Balaban J connectivity index is 1.58. The van der Waals surface area contributed by atoms with Crippen molar-refractivity contribution in [2.75, 3.05) is 20.3 Å². The summed E-state index contributed by atoms with van der Waals surface area (Å²) in [7, 11) is 1.63. The van der Waals surface area contributed by atoms with E-state index in [-0.39, 0.29) is 11.9 Å². The quantitative estimate of drug-likeness (QED) is 0.291. The highest BCUT2D eigenvalue weighted by molar-refractivity contribution is 6.30. The molecule has 3 aromatic carbocycles. The molecule has 1 atom stereocenters. The molecule has 2 heterocycles. The minimum absolute atomic E-state index is 0.0658. The van der Waals surface area contributed by atoms with Crippen molar-refractivity contribution in [3.05, 3.63) is 100 Å². The maximum Gasteiger partial charge on any atom is 0.273 e. The third-order valence-electron chi connectivity index (χ3n) is 6.43. The summed E-state index contributed by atoms with van der Waals surface area (Å²) in [5, 5.41) is 8.21. The number of amides is 1. The summed E-state index contributed by atoms with van der Waals surface area (Å²) in [5.41, 5.74) is 5.13. The van der Waals surface area contributed by atoms with Crippen molar-refractivity contribution in [2.24, 2.45) is 0 Å². The molecule has 0 saturated carbocycles. The van der Waals surface area contributed by atoms with Crippen molar-refractivity contribution >= 4 is 17.5 Å². The number of benzene rings is 3. The number of carbonyl (C=O) groups excluding carboxylic acids is 1. The van der Waals surface area contributed by atoms with Crippen molar-refractivity contribution in [1.82, 2.24) is 15.1 Å². The fraction of sp³-hybridized carbons (Fsp3) is 0.241. The Hall–Kier alpha value is -3.77. The van der Waals surface area contributed by atoms with E-state index in [2.05, 4.69) is 29.3 Å². The lowest BCUT2D eigenvalue weighted by atomic mass is 9.95. The van der Waals surface area contributed by atoms with Gasteiger partial charge in [0.1, 0.15) is 5.69 Å². The van der Waals surface area contributed by atoms with Gasteiger partial charge in [-0.2, -0.15) is 5.10 Å². The first-order chi connectivity index (χ1) is 17.6. The zero-order valence-corrected chi connectivity index (χ0v) is 21.1.